The predicted octanol–water partition coefficient (Wildman–Crippen LogP) is 2.34. The van der Waals surface area contributed by atoms with Crippen LogP contribution in [-0.2, 0) is 0 Å². The summed E-state index contributed by atoms with van der Waals surface area (Å²) in [5, 5.41) is 10.9. The second-order valence-electron chi connectivity index (χ2n) is 4.96. The number of nitrogens with zero attached hydrogens (tertiary/aromatic N) is 1. The van der Waals surface area contributed by atoms with Crippen molar-refractivity contribution in [2.24, 2.45) is 0 Å². The van der Waals surface area contributed by atoms with Gasteiger partial charge in [0.15, 0.2) is 17.7 Å². The number of hydrogen-bond donors (Lipinski definition) is 2. The molecule has 1 unspecified atom stereocenters. The third-order valence-corrected chi connectivity index (χ3v) is 3.34. The minimum atomic E-state index is -5.00. The summed E-state index contributed by atoms with van der Waals surface area (Å²) < 4.78 is 65.9. The summed E-state index contributed by atoms with van der Waals surface area (Å²) >= 11 is 0. The lowest BCUT2D eigenvalue weighted by atomic mass is 10.1. The van der Waals surface area contributed by atoms with E-state index in [4.69, 9.17) is 0 Å². The molecule has 2 atom stereocenters. The number of carbonyl (C=O) groups is 1. The Bertz CT molecular complexity index is 564. The fourth-order valence-corrected chi connectivity index (χ4v) is 2.22. The van der Waals surface area contributed by atoms with Crippen molar-refractivity contribution >= 4 is 6.03 Å². The van der Waals surface area contributed by atoms with Crippen LogP contribution in [0, 0.1) is 11.6 Å². The highest BCUT2D eigenvalue weighted by Gasteiger charge is 2.44. The summed E-state index contributed by atoms with van der Waals surface area (Å²) in [5.41, 5.74) is -0.999. The summed E-state index contributed by atoms with van der Waals surface area (Å²) in [4.78, 5) is 12.8. The number of halogens is 5. The fraction of sp³-hybridized carbons (Fsp3) is 0.462. The smallest absolute Gasteiger partial charge is 0.391 e. The number of β-amino-alcohol motifs (C(OH)–C–C–N with tert-alkyl or cyclic N) is 1. The SMILES string of the molecule is O=C(NC(c1cccc(F)c1F)C(F)(F)F)N1CC[C@H](O)C1. The summed E-state index contributed by atoms with van der Waals surface area (Å²) in [6.07, 6.45) is -5.55. The van der Waals surface area contributed by atoms with Crippen LogP contribution in [0.1, 0.15) is 18.0 Å². The number of alkyl halides is 3. The summed E-state index contributed by atoms with van der Waals surface area (Å²) in [7, 11) is 0. The van der Waals surface area contributed by atoms with Crippen molar-refractivity contribution in [3.63, 3.8) is 0 Å². The van der Waals surface area contributed by atoms with Gasteiger partial charge in [-0.05, 0) is 12.5 Å². The van der Waals surface area contributed by atoms with E-state index in [1.807, 2.05) is 0 Å². The van der Waals surface area contributed by atoms with E-state index >= 15 is 0 Å². The van der Waals surface area contributed by atoms with Gasteiger partial charge in [0.05, 0.1) is 6.10 Å². The lowest BCUT2D eigenvalue weighted by Gasteiger charge is -2.25. The first-order valence-corrected chi connectivity index (χ1v) is 6.44. The molecule has 22 heavy (non-hydrogen) atoms. The summed E-state index contributed by atoms with van der Waals surface area (Å²) in [6.45, 7) is -0.0226. The van der Waals surface area contributed by atoms with Gasteiger partial charge in [0.25, 0.3) is 0 Å². The number of nitrogens with one attached hydrogen (secondary N) is 1. The third-order valence-electron chi connectivity index (χ3n) is 3.34. The largest absolute Gasteiger partial charge is 0.413 e. The molecule has 0 radical (unpaired) electrons. The molecule has 4 nitrogen and oxygen atoms in total. The molecule has 0 spiro atoms. The van der Waals surface area contributed by atoms with Crippen molar-refractivity contribution in [3.05, 3.63) is 35.4 Å². The van der Waals surface area contributed by atoms with E-state index in [0.29, 0.717) is 6.07 Å². The molecule has 1 aliphatic rings. The van der Waals surface area contributed by atoms with Crippen LogP contribution in [0.4, 0.5) is 26.7 Å². The lowest BCUT2D eigenvalue weighted by molar-refractivity contribution is -0.156. The number of rotatable bonds is 2. The Kier molecular flexibility index (Phi) is 4.55. The van der Waals surface area contributed by atoms with Gasteiger partial charge >= 0.3 is 12.2 Å². The molecule has 1 fully saturated rings. The van der Waals surface area contributed by atoms with Crippen molar-refractivity contribution in [1.29, 1.82) is 0 Å². The molecule has 122 valence electrons. The van der Waals surface area contributed by atoms with Crippen LogP contribution in [0.25, 0.3) is 0 Å². The zero-order valence-corrected chi connectivity index (χ0v) is 11.2. The van der Waals surface area contributed by atoms with E-state index < -0.39 is 41.6 Å². The third kappa shape index (κ3) is 3.46. The number of hydrogen-bond acceptors (Lipinski definition) is 2. The molecule has 0 bridgehead atoms. The van der Waals surface area contributed by atoms with Crippen molar-refractivity contribution in [2.45, 2.75) is 24.7 Å². The zero-order chi connectivity index (χ0) is 16.5. The molecular formula is C13H13F5N2O2. The highest BCUT2D eigenvalue weighted by atomic mass is 19.4. The molecule has 1 aliphatic heterocycles. The maximum Gasteiger partial charge on any atom is 0.413 e. The van der Waals surface area contributed by atoms with Gasteiger partial charge in [0.1, 0.15) is 0 Å². The Morgan fingerprint density at radius 2 is 2.05 bits per heavy atom. The van der Waals surface area contributed by atoms with E-state index in [0.717, 1.165) is 17.0 Å². The molecule has 1 aromatic carbocycles. The number of aliphatic hydroxyl groups excluding tert-OH is 1. The standard InChI is InChI=1S/C13H13F5N2O2/c14-9-3-1-2-8(10(9)15)11(13(16,17)18)19-12(22)20-5-4-7(21)6-20/h1-3,7,11,21H,4-6H2,(H,19,22)/t7-,11?/m0/s1. The van der Waals surface area contributed by atoms with Gasteiger partial charge in [-0.25, -0.2) is 13.6 Å². The van der Waals surface area contributed by atoms with Gasteiger partial charge < -0.3 is 15.3 Å². The van der Waals surface area contributed by atoms with E-state index in [1.54, 1.807) is 5.32 Å². The van der Waals surface area contributed by atoms with Gasteiger partial charge in [-0.2, -0.15) is 13.2 Å². The molecule has 2 N–H and O–H groups in total. The van der Waals surface area contributed by atoms with Crippen LogP contribution in [0.3, 0.4) is 0 Å². The van der Waals surface area contributed by atoms with E-state index in [2.05, 4.69) is 0 Å². The average molecular weight is 324 g/mol. The molecule has 2 amide bonds. The predicted molar refractivity (Wildman–Crippen MR) is 65.9 cm³/mol. The van der Waals surface area contributed by atoms with Crippen molar-refractivity contribution in [3.8, 4) is 0 Å². The summed E-state index contributed by atoms with van der Waals surface area (Å²) in [6, 6.07) is -1.39. The second-order valence-corrected chi connectivity index (χ2v) is 4.96. The summed E-state index contributed by atoms with van der Waals surface area (Å²) in [5.74, 6) is -3.09. The normalized spacial score (nSPS) is 20.1. The molecule has 1 aromatic rings. The Hall–Kier alpha value is -1.90. The van der Waals surface area contributed by atoms with E-state index in [-0.39, 0.29) is 19.5 Å². The average Bonchev–Trinajstić information content (AvgIpc) is 2.85. The van der Waals surface area contributed by atoms with Crippen LogP contribution in [0.2, 0.25) is 0 Å². The number of amides is 2. The maximum atomic E-state index is 13.6. The Labute approximate surface area is 122 Å². The van der Waals surface area contributed by atoms with Gasteiger partial charge in [0.2, 0.25) is 0 Å². The van der Waals surface area contributed by atoms with E-state index in [1.165, 1.54) is 0 Å². The maximum absolute atomic E-state index is 13.6. The monoisotopic (exact) mass is 324 g/mol. The Morgan fingerprint density at radius 1 is 1.36 bits per heavy atom. The van der Waals surface area contributed by atoms with Crippen LogP contribution in [-0.4, -0.2) is 41.4 Å². The first kappa shape index (κ1) is 16.5. The van der Waals surface area contributed by atoms with Gasteiger partial charge in [-0.1, -0.05) is 12.1 Å². The Balaban J connectivity index is 2.24. The topological polar surface area (TPSA) is 52.6 Å². The molecule has 1 saturated heterocycles. The van der Waals surface area contributed by atoms with Crippen molar-refractivity contribution in [2.75, 3.05) is 13.1 Å². The molecule has 9 heteroatoms. The molecule has 1 heterocycles. The molecule has 2 rings (SSSR count). The van der Waals surface area contributed by atoms with Crippen LogP contribution in [0.15, 0.2) is 18.2 Å². The van der Waals surface area contributed by atoms with Crippen LogP contribution < -0.4 is 5.32 Å². The number of likely N-dealkylation sites (tertiary alicyclic amines) is 1. The molecule has 0 aliphatic carbocycles. The van der Waals surface area contributed by atoms with Gasteiger partial charge in [0, 0.05) is 18.7 Å². The van der Waals surface area contributed by atoms with E-state index in [9.17, 15) is 31.9 Å². The number of aliphatic hydroxyl groups is 1. The quantitative estimate of drug-likeness (QED) is 0.821. The highest BCUT2D eigenvalue weighted by Crippen LogP contribution is 2.34. The number of carbonyl (C=O) groups excluding carboxylic acids is 1. The fourth-order valence-electron chi connectivity index (χ4n) is 2.22. The van der Waals surface area contributed by atoms with Gasteiger partial charge in [-0.15, -0.1) is 0 Å². The van der Waals surface area contributed by atoms with Crippen molar-refractivity contribution in [1.82, 2.24) is 10.2 Å². The molecule has 0 aromatic heterocycles. The zero-order valence-electron chi connectivity index (χ0n) is 11.2. The van der Waals surface area contributed by atoms with Crippen LogP contribution >= 0.6 is 0 Å². The van der Waals surface area contributed by atoms with Crippen LogP contribution in [0.5, 0.6) is 0 Å². The first-order chi connectivity index (χ1) is 10.2. The lowest BCUT2D eigenvalue weighted by Crippen LogP contribution is -2.45. The van der Waals surface area contributed by atoms with Gasteiger partial charge in [-0.3, -0.25) is 0 Å². The second kappa shape index (κ2) is 6.07. The highest BCUT2D eigenvalue weighted by molar-refractivity contribution is 5.75. The first-order valence-electron chi connectivity index (χ1n) is 6.44. The Morgan fingerprint density at radius 3 is 2.59 bits per heavy atom. The minimum Gasteiger partial charge on any atom is -0.391 e. The number of benzene rings is 1. The number of urea groups is 1. The van der Waals surface area contributed by atoms with Crippen molar-refractivity contribution < 1.29 is 31.9 Å². The minimum absolute atomic E-state index is 0.0865. The molecular weight excluding hydrogens is 311 g/mol. The molecule has 0 saturated carbocycles.